The summed E-state index contributed by atoms with van der Waals surface area (Å²) in [5.41, 5.74) is 1.15. The standard InChI is InChI=1S/C15H18N2O2/c18-14-10-9-13(17-14)15(19)16-11-5-4-8-12-6-2-1-3-7-12/h1-4,6-8,13H,5,9-11H2,(H,16,19)(H,17,18)/b8-4+. The molecule has 19 heavy (non-hydrogen) atoms. The molecule has 0 bridgehead atoms. The van der Waals surface area contributed by atoms with E-state index < -0.39 is 0 Å². The second-order valence-corrected chi connectivity index (χ2v) is 4.55. The summed E-state index contributed by atoms with van der Waals surface area (Å²) in [5.74, 6) is -0.122. The molecule has 0 aromatic heterocycles. The van der Waals surface area contributed by atoms with Gasteiger partial charge in [-0.2, -0.15) is 0 Å². The van der Waals surface area contributed by atoms with Crippen molar-refractivity contribution in [3.8, 4) is 0 Å². The maximum atomic E-state index is 11.7. The third-order valence-corrected chi connectivity index (χ3v) is 3.03. The lowest BCUT2D eigenvalue weighted by molar-refractivity contribution is -0.125. The first-order chi connectivity index (χ1) is 9.25. The fourth-order valence-electron chi connectivity index (χ4n) is 2.00. The summed E-state index contributed by atoms with van der Waals surface area (Å²) >= 11 is 0. The largest absolute Gasteiger partial charge is 0.354 e. The Hall–Kier alpha value is -2.10. The van der Waals surface area contributed by atoms with Gasteiger partial charge < -0.3 is 10.6 Å². The van der Waals surface area contributed by atoms with Gasteiger partial charge in [-0.1, -0.05) is 42.5 Å². The Bertz CT molecular complexity index is 468. The van der Waals surface area contributed by atoms with Gasteiger partial charge in [-0.05, 0) is 18.4 Å². The lowest BCUT2D eigenvalue weighted by Crippen LogP contribution is -2.41. The summed E-state index contributed by atoms with van der Waals surface area (Å²) in [6, 6.07) is 9.68. The molecule has 1 heterocycles. The van der Waals surface area contributed by atoms with E-state index in [0.29, 0.717) is 19.4 Å². The van der Waals surface area contributed by atoms with Crippen molar-refractivity contribution >= 4 is 17.9 Å². The molecule has 1 aromatic carbocycles. The minimum absolute atomic E-state index is 0.0378. The summed E-state index contributed by atoms with van der Waals surface area (Å²) in [7, 11) is 0. The second kappa shape index (κ2) is 6.73. The van der Waals surface area contributed by atoms with Crippen molar-refractivity contribution in [1.82, 2.24) is 10.6 Å². The molecule has 2 amide bonds. The molecular formula is C15H18N2O2. The Labute approximate surface area is 112 Å². The molecule has 4 nitrogen and oxygen atoms in total. The van der Waals surface area contributed by atoms with Crippen LogP contribution in [0.15, 0.2) is 36.4 Å². The third-order valence-electron chi connectivity index (χ3n) is 3.03. The molecule has 1 aliphatic heterocycles. The SMILES string of the molecule is O=C1CCC(C(=O)NCC/C=C/c2ccccc2)N1. The molecule has 0 aliphatic carbocycles. The van der Waals surface area contributed by atoms with Crippen LogP contribution in [0.25, 0.3) is 6.08 Å². The maximum Gasteiger partial charge on any atom is 0.242 e. The molecule has 1 atom stereocenters. The zero-order valence-electron chi connectivity index (χ0n) is 10.8. The van der Waals surface area contributed by atoms with E-state index in [2.05, 4.69) is 10.6 Å². The van der Waals surface area contributed by atoms with Crippen molar-refractivity contribution in [2.45, 2.75) is 25.3 Å². The van der Waals surface area contributed by atoms with E-state index in [9.17, 15) is 9.59 Å². The highest BCUT2D eigenvalue weighted by molar-refractivity contribution is 5.90. The smallest absolute Gasteiger partial charge is 0.242 e. The summed E-state index contributed by atoms with van der Waals surface area (Å²) < 4.78 is 0. The molecule has 1 saturated heterocycles. The fourth-order valence-corrected chi connectivity index (χ4v) is 2.00. The van der Waals surface area contributed by atoms with Gasteiger partial charge in [-0.25, -0.2) is 0 Å². The maximum absolute atomic E-state index is 11.7. The van der Waals surface area contributed by atoms with Crippen LogP contribution in [0.3, 0.4) is 0 Å². The van der Waals surface area contributed by atoms with Crippen LogP contribution >= 0.6 is 0 Å². The molecule has 1 unspecified atom stereocenters. The first kappa shape index (κ1) is 13.3. The van der Waals surface area contributed by atoms with E-state index in [1.165, 1.54) is 0 Å². The minimum Gasteiger partial charge on any atom is -0.354 e. The summed E-state index contributed by atoms with van der Waals surface area (Å²) in [6.07, 6.45) is 5.89. The van der Waals surface area contributed by atoms with Crippen LogP contribution in [-0.4, -0.2) is 24.4 Å². The van der Waals surface area contributed by atoms with Gasteiger partial charge >= 0.3 is 0 Å². The Kier molecular flexibility index (Phi) is 4.72. The van der Waals surface area contributed by atoms with Gasteiger partial charge in [-0.15, -0.1) is 0 Å². The van der Waals surface area contributed by atoms with Crippen LogP contribution in [0.1, 0.15) is 24.8 Å². The van der Waals surface area contributed by atoms with E-state index >= 15 is 0 Å². The van der Waals surface area contributed by atoms with Crippen molar-refractivity contribution < 1.29 is 9.59 Å². The van der Waals surface area contributed by atoms with E-state index in [-0.39, 0.29) is 17.9 Å². The molecule has 0 spiro atoms. The number of carbonyl (C=O) groups is 2. The summed E-state index contributed by atoms with van der Waals surface area (Å²) in [4.78, 5) is 22.7. The molecule has 1 fully saturated rings. The van der Waals surface area contributed by atoms with Crippen molar-refractivity contribution in [3.63, 3.8) is 0 Å². The highest BCUT2D eigenvalue weighted by atomic mass is 16.2. The molecule has 1 aromatic rings. The van der Waals surface area contributed by atoms with Crippen LogP contribution in [0.2, 0.25) is 0 Å². The zero-order valence-corrected chi connectivity index (χ0v) is 10.8. The van der Waals surface area contributed by atoms with Crippen LogP contribution in [0.4, 0.5) is 0 Å². The van der Waals surface area contributed by atoms with Crippen molar-refractivity contribution in [2.75, 3.05) is 6.54 Å². The van der Waals surface area contributed by atoms with Crippen LogP contribution in [0.5, 0.6) is 0 Å². The average Bonchev–Trinajstić information content (AvgIpc) is 2.86. The minimum atomic E-state index is -0.342. The topological polar surface area (TPSA) is 58.2 Å². The number of carbonyl (C=O) groups excluding carboxylic acids is 2. The van der Waals surface area contributed by atoms with Crippen molar-refractivity contribution in [3.05, 3.63) is 42.0 Å². The lowest BCUT2D eigenvalue weighted by atomic mass is 10.2. The molecule has 0 radical (unpaired) electrons. The molecule has 1 aliphatic rings. The number of benzene rings is 1. The number of nitrogens with one attached hydrogen (secondary N) is 2. The van der Waals surface area contributed by atoms with Gasteiger partial charge in [0.05, 0.1) is 0 Å². The summed E-state index contributed by atoms with van der Waals surface area (Å²) in [6.45, 7) is 0.592. The van der Waals surface area contributed by atoms with Crippen LogP contribution in [-0.2, 0) is 9.59 Å². The average molecular weight is 258 g/mol. The number of hydrogen-bond acceptors (Lipinski definition) is 2. The Morgan fingerprint density at radius 1 is 1.37 bits per heavy atom. The van der Waals surface area contributed by atoms with Gasteiger partial charge in [0, 0.05) is 13.0 Å². The molecule has 2 rings (SSSR count). The van der Waals surface area contributed by atoms with E-state index in [1.54, 1.807) is 0 Å². The van der Waals surface area contributed by atoms with Gasteiger partial charge in [0.15, 0.2) is 0 Å². The summed E-state index contributed by atoms with van der Waals surface area (Å²) in [5, 5.41) is 5.48. The quantitative estimate of drug-likeness (QED) is 0.786. The highest BCUT2D eigenvalue weighted by Gasteiger charge is 2.26. The highest BCUT2D eigenvalue weighted by Crippen LogP contribution is 2.06. The Balaban J connectivity index is 1.65. The van der Waals surface area contributed by atoms with Gasteiger partial charge in [0.25, 0.3) is 0 Å². The number of hydrogen-bond donors (Lipinski definition) is 2. The Morgan fingerprint density at radius 2 is 2.16 bits per heavy atom. The Morgan fingerprint density at radius 3 is 2.84 bits per heavy atom. The van der Waals surface area contributed by atoms with Gasteiger partial charge in [0.2, 0.25) is 11.8 Å². The first-order valence-corrected chi connectivity index (χ1v) is 6.54. The molecule has 100 valence electrons. The molecule has 0 saturated carbocycles. The predicted octanol–water partition coefficient (Wildman–Crippen LogP) is 1.48. The number of rotatable bonds is 5. The molecule has 2 N–H and O–H groups in total. The fraction of sp³-hybridized carbons (Fsp3) is 0.333. The zero-order chi connectivity index (χ0) is 13.5. The van der Waals surface area contributed by atoms with Gasteiger partial charge in [0.1, 0.15) is 6.04 Å². The first-order valence-electron chi connectivity index (χ1n) is 6.54. The van der Waals surface area contributed by atoms with E-state index in [4.69, 9.17) is 0 Å². The van der Waals surface area contributed by atoms with E-state index in [1.807, 2.05) is 42.5 Å². The molecular weight excluding hydrogens is 240 g/mol. The number of amides is 2. The van der Waals surface area contributed by atoms with E-state index in [0.717, 1.165) is 12.0 Å². The van der Waals surface area contributed by atoms with Crippen LogP contribution in [0, 0.1) is 0 Å². The monoisotopic (exact) mass is 258 g/mol. The second-order valence-electron chi connectivity index (χ2n) is 4.55. The third kappa shape index (κ3) is 4.25. The van der Waals surface area contributed by atoms with Crippen molar-refractivity contribution in [1.29, 1.82) is 0 Å². The van der Waals surface area contributed by atoms with Crippen molar-refractivity contribution in [2.24, 2.45) is 0 Å². The lowest BCUT2D eigenvalue weighted by Gasteiger charge is -2.09. The normalized spacial score (nSPS) is 18.5. The van der Waals surface area contributed by atoms with Gasteiger partial charge in [-0.3, -0.25) is 9.59 Å². The predicted molar refractivity (Wildman–Crippen MR) is 74.3 cm³/mol. The molecule has 4 heteroatoms. The van der Waals surface area contributed by atoms with Crippen LogP contribution < -0.4 is 10.6 Å².